The first-order valence-corrected chi connectivity index (χ1v) is 12.5. The second-order valence-electron chi connectivity index (χ2n) is 9.21. The normalized spacial score (nSPS) is 13.0. The van der Waals surface area contributed by atoms with E-state index in [0.29, 0.717) is 5.69 Å². The van der Waals surface area contributed by atoms with Crippen LogP contribution in [0.3, 0.4) is 0 Å². The van der Waals surface area contributed by atoms with Crippen LogP contribution in [0.15, 0.2) is 42.5 Å². The van der Waals surface area contributed by atoms with Crippen molar-refractivity contribution in [3.63, 3.8) is 0 Å². The van der Waals surface area contributed by atoms with Gasteiger partial charge in [-0.2, -0.15) is 22.8 Å². The van der Waals surface area contributed by atoms with E-state index in [9.17, 15) is 32.3 Å². The topological polar surface area (TPSA) is 154 Å². The van der Waals surface area contributed by atoms with Crippen LogP contribution in [-0.2, 0) is 16.8 Å². The Morgan fingerprint density at radius 3 is 2.40 bits per heavy atom. The molecule has 0 aliphatic heterocycles. The van der Waals surface area contributed by atoms with Crippen LogP contribution in [0.2, 0.25) is 0 Å². The van der Waals surface area contributed by atoms with Crippen molar-refractivity contribution < 1.29 is 41.7 Å². The van der Waals surface area contributed by atoms with Gasteiger partial charge in [-0.15, -0.1) is 0 Å². The van der Waals surface area contributed by atoms with Gasteiger partial charge in [0.25, 0.3) is 5.91 Å². The SMILES string of the molecule is CCOc1c(CC(N)=O)cc([C@@](O)(CNC(=O)c2cc(OC)n3nc(C)cc3n2)C(F)(F)F)nc1-c1ccc(F)cc1. The lowest BCUT2D eigenvalue weighted by Crippen LogP contribution is -2.51. The van der Waals surface area contributed by atoms with Gasteiger partial charge in [0.2, 0.25) is 17.4 Å². The molecule has 11 nitrogen and oxygen atoms in total. The van der Waals surface area contributed by atoms with E-state index in [1.807, 2.05) is 0 Å². The summed E-state index contributed by atoms with van der Waals surface area (Å²) in [6, 6.07) is 8.16. The summed E-state index contributed by atoms with van der Waals surface area (Å²) in [4.78, 5) is 33.0. The fraction of sp³-hybridized carbons (Fsp3) is 0.296. The van der Waals surface area contributed by atoms with Gasteiger partial charge >= 0.3 is 6.18 Å². The minimum atomic E-state index is -5.37. The first-order valence-electron chi connectivity index (χ1n) is 12.5. The van der Waals surface area contributed by atoms with E-state index in [4.69, 9.17) is 15.2 Å². The average molecular weight is 591 g/mol. The molecule has 3 aromatic heterocycles. The van der Waals surface area contributed by atoms with Gasteiger partial charge in [-0.3, -0.25) is 9.59 Å². The molecule has 42 heavy (non-hydrogen) atoms. The van der Waals surface area contributed by atoms with E-state index in [0.717, 1.165) is 18.2 Å². The number of aliphatic hydroxyl groups is 1. The molecule has 4 aromatic rings. The third-order valence-electron chi connectivity index (χ3n) is 6.18. The number of aryl methyl sites for hydroxylation is 1. The highest BCUT2D eigenvalue weighted by Crippen LogP contribution is 2.42. The number of rotatable bonds is 10. The number of carbonyl (C=O) groups is 2. The zero-order chi connectivity index (χ0) is 30.8. The number of primary amides is 1. The molecule has 0 aliphatic rings. The van der Waals surface area contributed by atoms with Crippen LogP contribution in [0.5, 0.6) is 11.6 Å². The summed E-state index contributed by atoms with van der Waals surface area (Å²) in [6.07, 6.45) is -5.93. The maximum atomic E-state index is 14.5. The number of methoxy groups -OCH3 is 1. The van der Waals surface area contributed by atoms with Crippen molar-refractivity contribution in [2.24, 2.45) is 5.73 Å². The Kier molecular flexibility index (Phi) is 8.33. The lowest BCUT2D eigenvalue weighted by Gasteiger charge is -2.31. The van der Waals surface area contributed by atoms with Gasteiger partial charge in [0.15, 0.2) is 5.65 Å². The number of hydrogen-bond acceptors (Lipinski definition) is 8. The van der Waals surface area contributed by atoms with Crippen molar-refractivity contribution in [2.45, 2.75) is 32.0 Å². The number of halogens is 4. The number of nitrogens with zero attached hydrogens (tertiary/aromatic N) is 4. The fourth-order valence-electron chi connectivity index (χ4n) is 4.18. The summed E-state index contributed by atoms with van der Waals surface area (Å²) in [7, 11) is 1.32. The molecule has 0 fully saturated rings. The minimum absolute atomic E-state index is 0.0398. The van der Waals surface area contributed by atoms with Gasteiger partial charge in [0.05, 0.1) is 38.1 Å². The molecule has 1 aromatic carbocycles. The first kappa shape index (κ1) is 30.2. The smallest absolute Gasteiger partial charge is 0.424 e. The third-order valence-corrected chi connectivity index (χ3v) is 6.18. The second kappa shape index (κ2) is 11.6. The molecule has 0 spiro atoms. The Bertz CT molecular complexity index is 1640. The molecule has 4 N–H and O–H groups in total. The summed E-state index contributed by atoms with van der Waals surface area (Å²) in [6.45, 7) is 1.93. The number of nitrogens with one attached hydrogen (secondary N) is 1. The Hall–Kier alpha value is -4.79. The first-order chi connectivity index (χ1) is 19.8. The standard InChI is InChI=1S/C27H26F4N6O5/c1-4-42-24-16(11-20(32)38)10-19(35-23(24)15-5-7-17(28)8-6-15)26(40,27(29,30)31)13-33-25(39)18-12-22(41-3)37-21(34-18)9-14(2)36-37/h5-10,12,40H,4,11,13H2,1-3H3,(H2,32,38)(H,33,39)/t26-/m0/s1. The fourth-order valence-corrected chi connectivity index (χ4v) is 4.18. The Morgan fingerprint density at radius 1 is 1.12 bits per heavy atom. The number of aromatic nitrogens is 4. The average Bonchev–Trinajstić information content (AvgIpc) is 3.31. The van der Waals surface area contributed by atoms with E-state index in [1.54, 1.807) is 13.8 Å². The Labute approximate surface area is 236 Å². The van der Waals surface area contributed by atoms with E-state index < -0.39 is 48.1 Å². The summed E-state index contributed by atoms with van der Waals surface area (Å²) in [5.41, 5.74) is 0.923. The zero-order valence-electron chi connectivity index (χ0n) is 22.6. The zero-order valence-corrected chi connectivity index (χ0v) is 22.6. The van der Waals surface area contributed by atoms with E-state index >= 15 is 0 Å². The predicted molar refractivity (Wildman–Crippen MR) is 140 cm³/mol. The van der Waals surface area contributed by atoms with Crippen LogP contribution >= 0.6 is 0 Å². The highest BCUT2D eigenvalue weighted by molar-refractivity contribution is 5.93. The molecule has 0 aliphatic carbocycles. The summed E-state index contributed by atoms with van der Waals surface area (Å²) in [5, 5.41) is 17.3. The number of pyridine rings is 1. The van der Waals surface area contributed by atoms with Gasteiger partial charge in [0.1, 0.15) is 23.0 Å². The van der Waals surface area contributed by atoms with Crippen LogP contribution in [0.25, 0.3) is 16.9 Å². The molecule has 4 rings (SSSR count). The molecule has 0 radical (unpaired) electrons. The molecule has 0 saturated heterocycles. The van der Waals surface area contributed by atoms with Gasteiger partial charge in [0, 0.05) is 23.3 Å². The van der Waals surface area contributed by atoms with Gasteiger partial charge in [-0.25, -0.2) is 14.4 Å². The van der Waals surface area contributed by atoms with E-state index in [-0.39, 0.29) is 46.4 Å². The monoisotopic (exact) mass is 590 g/mol. The summed E-state index contributed by atoms with van der Waals surface area (Å²) >= 11 is 0. The van der Waals surface area contributed by atoms with Crippen LogP contribution in [0.1, 0.15) is 34.4 Å². The second-order valence-corrected chi connectivity index (χ2v) is 9.21. The van der Waals surface area contributed by atoms with Crippen LogP contribution in [0, 0.1) is 12.7 Å². The van der Waals surface area contributed by atoms with Crippen molar-refractivity contribution >= 4 is 17.5 Å². The van der Waals surface area contributed by atoms with Crippen LogP contribution in [0.4, 0.5) is 17.6 Å². The predicted octanol–water partition coefficient (Wildman–Crippen LogP) is 2.85. The molecule has 0 bridgehead atoms. The van der Waals surface area contributed by atoms with Crippen molar-refractivity contribution in [1.82, 2.24) is 24.9 Å². The number of fused-ring (bicyclic) bond motifs is 1. The number of nitrogens with two attached hydrogens (primary N) is 1. The maximum absolute atomic E-state index is 14.5. The minimum Gasteiger partial charge on any atom is -0.491 e. The molecular weight excluding hydrogens is 564 g/mol. The Balaban J connectivity index is 1.80. The van der Waals surface area contributed by atoms with Crippen molar-refractivity contribution in [3.05, 3.63) is 70.9 Å². The van der Waals surface area contributed by atoms with Gasteiger partial charge < -0.3 is 25.6 Å². The number of benzene rings is 1. The van der Waals surface area contributed by atoms with Crippen molar-refractivity contribution in [3.8, 4) is 22.9 Å². The van der Waals surface area contributed by atoms with Gasteiger partial charge in [-0.05, 0) is 44.2 Å². The van der Waals surface area contributed by atoms with Crippen LogP contribution < -0.4 is 20.5 Å². The number of carbonyl (C=O) groups excluding carboxylic acids is 2. The highest BCUT2D eigenvalue weighted by atomic mass is 19.4. The van der Waals surface area contributed by atoms with E-state index in [1.165, 1.54) is 35.9 Å². The quantitative estimate of drug-likeness (QED) is 0.238. The highest BCUT2D eigenvalue weighted by Gasteiger charge is 2.56. The largest absolute Gasteiger partial charge is 0.491 e. The number of amides is 2. The van der Waals surface area contributed by atoms with Gasteiger partial charge in [-0.1, -0.05) is 0 Å². The maximum Gasteiger partial charge on any atom is 0.424 e. The Morgan fingerprint density at radius 2 is 1.81 bits per heavy atom. The molecule has 0 unspecified atom stereocenters. The number of hydrogen-bond donors (Lipinski definition) is 3. The molecule has 1 atom stereocenters. The molecule has 222 valence electrons. The van der Waals surface area contributed by atoms with Crippen molar-refractivity contribution in [2.75, 3.05) is 20.3 Å². The summed E-state index contributed by atoms with van der Waals surface area (Å²) in [5.74, 6) is -2.54. The lowest BCUT2D eigenvalue weighted by atomic mass is 9.93. The molecular formula is C27H26F4N6O5. The summed E-state index contributed by atoms with van der Waals surface area (Å²) < 4.78 is 69.4. The molecule has 15 heteroatoms. The van der Waals surface area contributed by atoms with E-state index in [2.05, 4.69) is 20.4 Å². The molecule has 0 saturated carbocycles. The van der Waals surface area contributed by atoms with Crippen molar-refractivity contribution in [1.29, 1.82) is 0 Å². The third kappa shape index (κ3) is 5.95. The lowest BCUT2D eigenvalue weighted by molar-refractivity contribution is -0.265. The molecule has 2 amide bonds. The van der Waals surface area contributed by atoms with Crippen LogP contribution in [-0.4, -0.2) is 62.9 Å². The number of ether oxygens (including phenoxy) is 2. The molecule has 3 heterocycles. The number of alkyl halides is 3.